The summed E-state index contributed by atoms with van der Waals surface area (Å²) in [6.07, 6.45) is 3.57. The van der Waals surface area contributed by atoms with Crippen LogP contribution >= 0.6 is 36.6 Å². The summed E-state index contributed by atoms with van der Waals surface area (Å²) in [6.45, 7) is 6.39. The smallest absolute Gasteiger partial charge is 0.231 e. The van der Waals surface area contributed by atoms with Gasteiger partial charge in [-0.2, -0.15) is 11.8 Å². The summed E-state index contributed by atoms with van der Waals surface area (Å²) in [5, 5.41) is 4.26. The fourth-order valence-corrected chi connectivity index (χ4v) is 6.31. The van der Waals surface area contributed by atoms with Crippen molar-refractivity contribution in [3.8, 4) is 17.2 Å². The van der Waals surface area contributed by atoms with Crippen LogP contribution in [0.1, 0.15) is 30.7 Å². The van der Waals surface area contributed by atoms with Crippen LogP contribution in [-0.4, -0.2) is 62.0 Å². The van der Waals surface area contributed by atoms with E-state index in [4.69, 9.17) is 14.2 Å². The molecule has 0 aromatic heterocycles. The number of ether oxygens (including phenoxy) is 3. The molecular weight excluding hydrogens is 510 g/mol. The first-order valence-corrected chi connectivity index (χ1v) is 13.1. The maximum atomic E-state index is 13.5. The number of piperidine rings is 1. The highest BCUT2D eigenvalue weighted by Crippen LogP contribution is 2.37. The van der Waals surface area contributed by atoms with Crippen LogP contribution in [-0.2, 0) is 0 Å². The van der Waals surface area contributed by atoms with Crippen LogP contribution in [0.25, 0.3) is 0 Å². The highest BCUT2D eigenvalue weighted by molar-refractivity contribution is 8.00. The molecule has 0 spiro atoms. The van der Waals surface area contributed by atoms with E-state index in [1.807, 2.05) is 30.3 Å². The number of nitrogens with one attached hydrogen (secondary N) is 1. The Labute approximate surface area is 224 Å². The van der Waals surface area contributed by atoms with Crippen molar-refractivity contribution in [1.29, 1.82) is 0 Å². The van der Waals surface area contributed by atoms with Gasteiger partial charge in [0.15, 0.2) is 11.5 Å². The Hall–Kier alpha value is -1.38. The monoisotopic (exact) mass is 544 g/mol. The normalized spacial score (nSPS) is 23.7. The van der Waals surface area contributed by atoms with Gasteiger partial charge in [0.1, 0.15) is 11.6 Å². The molecule has 0 bridgehead atoms. The topological polar surface area (TPSA) is 43.0 Å². The zero-order valence-electron chi connectivity index (χ0n) is 19.8. The lowest BCUT2D eigenvalue weighted by Gasteiger charge is -2.39. The molecule has 3 atom stereocenters. The first kappa shape index (κ1) is 28.2. The number of nitrogens with zero attached hydrogens (tertiary/aromatic N) is 1. The van der Waals surface area contributed by atoms with Crippen LogP contribution in [0.2, 0.25) is 0 Å². The first-order valence-electron chi connectivity index (χ1n) is 12.1. The van der Waals surface area contributed by atoms with Crippen molar-refractivity contribution in [2.45, 2.75) is 30.4 Å². The van der Waals surface area contributed by atoms with E-state index in [9.17, 15) is 4.39 Å². The van der Waals surface area contributed by atoms with Gasteiger partial charge in [-0.05, 0) is 68.1 Å². The van der Waals surface area contributed by atoms with Crippen molar-refractivity contribution in [3.05, 3.63) is 53.8 Å². The molecule has 0 radical (unpaired) electrons. The Morgan fingerprint density at radius 1 is 1.09 bits per heavy atom. The van der Waals surface area contributed by atoms with Gasteiger partial charge in [-0.15, -0.1) is 24.8 Å². The number of likely N-dealkylation sites (tertiary alicyclic amines) is 1. The lowest BCUT2D eigenvalue weighted by molar-refractivity contribution is 0.109. The van der Waals surface area contributed by atoms with E-state index in [-0.39, 0.29) is 37.4 Å². The summed E-state index contributed by atoms with van der Waals surface area (Å²) in [5.41, 5.74) is 1.21. The Bertz CT molecular complexity index is 918. The van der Waals surface area contributed by atoms with Crippen LogP contribution in [0.5, 0.6) is 17.2 Å². The molecule has 1 unspecified atom stereocenters. The number of rotatable bonds is 8. The van der Waals surface area contributed by atoms with Gasteiger partial charge in [0.25, 0.3) is 0 Å². The van der Waals surface area contributed by atoms with Crippen molar-refractivity contribution >= 4 is 36.6 Å². The van der Waals surface area contributed by atoms with E-state index in [1.54, 1.807) is 12.1 Å². The van der Waals surface area contributed by atoms with Gasteiger partial charge in [0.05, 0.1) is 6.61 Å². The first-order chi connectivity index (χ1) is 16.2. The summed E-state index contributed by atoms with van der Waals surface area (Å²) in [7, 11) is 0. The quantitative estimate of drug-likeness (QED) is 0.482. The summed E-state index contributed by atoms with van der Waals surface area (Å²) in [5.74, 6) is 4.07. The molecule has 0 aliphatic carbocycles. The van der Waals surface area contributed by atoms with Gasteiger partial charge in [0, 0.05) is 42.6 Å². The average Bonchev–Trinajstić information content (AvgIpc) is 3.32. The van der Waals surface area contributed by atoms with Crippen molar-refractivity contribution in [1.82, 2.24) is 10.2 Å². The number of fused-ring (bicyclic) bond motifs is 1. The van der Waals surface area contributed by atoms with Crippen molar-refractivity contribution < 1.29 is 18.6 Å². The van der Waals surface area contributed by atoms with Gasteiger partial charge in [0.2, 0.25) is 6.79 Å². The molecule has 3 heterocycles. The summed E-state index contributed by atoms with van der Waals surface area (Å²) < 4.78 is 30.7. The van der Waals surface area contributed by atoms with Gasteiger partial charge in [-0.3, -0.25) is 0 Å². The molecule has 2 aromatic rings. The van der Waals surface area contributed by atoms with E-state index in [0.29, 0.717) is 18.4 Å². The average molecular weight is 546 g/mol. The van der Waals surface area contributed by atoms with Crippen molar-refractivity contribution in [2.75, 3.05) is 51.9 Å². The highest BCUT2D eigenvalue weighted by atomic mass is 35.5. The molecule has 35 heavy (non-hydrogen) atoms. The van der Waals surface area contributed by atoms with Gasteiger partial charge >= 0.3 is 0 Å². The second-order valence-electron chi connectivity index (χ2n) is 9.17. The Morgan fingerprint density at radius 3 is 2.71 bits per heavy atom. The van der Waals surface area contributed by atoms with Crippen LogP contribution in [0.15, 0.2) is 42.5 Å². The van der Waals surface area contributed by atoms with Gasteiger partial charge in [-0.25, -0.2) is 4.39 Å². The number of benzene rings is 2. The number of thioether (sulfide) groups is 1. The number of hydrogen-bond donors (Lipinski definition) is 1. The van der Waals surface area contributed by atoms with Crippen molar-refractivity contribution in [3.63, 3.8) is 0 Å². The molecule has 0 amide bonds. The second-order valence-corrected chi connectivity index (χ2v) is 10.6. The SMILES string of the molecule is Cl.Cl.Fc1ccc([C@@H]2CCN(CCCC3CNCCS3)C[C@H]2COc2ccc3c(c2)OCO3)cc1. The molecule has 2 fully saturated rings. The van der Waals surface area contributed by atoms with Crippen LogP contribution < -0.4 is 19.5 Å². The second kappa shape index (κ2) is 13.8. The lowest BCUT2D eigenvalue weighted by atomic mass is 9.80. The fourth-order valence-electron chi connectivity index (χ4n) is 5.15. The van der Waals surface area contributed by atoms with Crippen LogP contribution in [0.4, 0.5) is 4.39 Å². The minimum absolute atomic E-state index is 0. The third-order valence-corrected chi connectivity index (χ3v) is 8.24. The molecule has 9 heteroatoms. The highest BCUT2D eigenvalue weighted by Gasteiger charge is 2.31. The van der Waals surface area contributed by atoms with Crippen molar-refractivity contribution in [2.24, 2.45) is 5.92 Å². The maximum absolute atomic E-state index is 13.5. The predicted molar refractivity (Wildman–Crippen MR) is 145 cm³/mol. The minimum Gasteiger partial charge on any atom is -0.493 e. The molecule has 5 nitrogen and oxygen atoms in total. The van der Waals surface area contributed by atoms with Gasteiger partial charge in [-0.1, -0.05) is 12.1 Å². The largest absolute Gasteiger partial charge is 0.493 e. The fraction of sp³-hybridized carbons (Fsp3) is 0.538. The zero-order valence-corrected chi connectivity index (χ0v) is 22.3. The lowest BCUT2D eigenvalue weighted by Crippen LogP contribution is -2.42. The van der Waals surface area contributed by atoms with Crippen LogP contribution in [0.3, 0.4) is 0 Å². The predicted octanol–water partition coefficient (Wildman–Crippen LogP) is 5.37. The zero-order chi connectivity index (χ0) is 22.5. The molecule has 2 saturated heterocycles. The summed E-state index contributed by atoms with van der Waals surface area (Å²) in [6, 6.07) is 12.8. The molecule has 2 aromatic carbocycles. The third kappa shape index (κ3) is 7.56. The Kier molecular flexibility index (Phi) is 11.1. The number of halogens is 3. The molecule has 5 rings (SSSR count). The van der Waals surface area contributed by atoms with Gasteiger partial charge < -0.3 is 24.4 Å². The van der Waals surface area contributed by atoms with Crippen LogP contribution in [0, 0.1) is 11.7 Å². The molecule has 0 saturated carbocycles. The minimum atomic E-state index is -0.181. The Morgan fingerprint density at radius 2 is 1.91 bits per heavy atom. The van der Waals surface area contributed by atoms with E-state index in [2.05, 4.69) is 22.0 Å². The van der Waals surface area contributed by atoms with E-state index >= 15 is 0 Å². The van der Waals surface area contributed by atoms with E-state index in [1.165, 1.54) is 24.2 Å². The standard InChI is InChI=1S/C26H33FN2O3S.2ClH/c27-21-5-3-19(4-6-21)24-9-12-29(11-1-2-23-15-28-10-13-33-23)16-20(24)17-30-22-7-8-25-26(14-22)32-18-31-25;;/h3-8,14,20,23-24,28H,1-2,9-13,15-18H2;2*1H/t20-,23?,24-;;/m0../s1. The molecule has 194 valence electrons. The molecule has 1 N–H and O–H groups in total. The number of hydrogen-bond acceptors (Lipinski definition) is 6. The third-order valence-electron chi connectivity index (χ3n) is 6.93. The summed E-state index contributed by atoms with van der Waals surface area (Å²) >= 11 is 2.11. The maximum Gasteiger partial charge on any atom is 0.231 e. The molecule has 3 aliphatic heterocycles. The molecule has 3 aliphatic rings. The Balaban J connectivity index is 0.00000171. The summed E-state index contributed by atoms with van der Waals surface area (Å²) in [4.78, 5) is 2.59. The van der Waals surface area contributed by atoms with E-state index < -0.39 is 0 Å². The van der Waals surface area contributed by atoms with E-state index in [0.717, 1.165) is 61.6 Å². The molecular formula is C26H35Cl2FN2O3S.